The van der Waals surface area contributed by atoms with Gasteiger partial charge in [-0.1, -0.05) is 0 Å². The van der Waals surface area contributed by atoms with Crippen molar-refractivity contribution in [2.24, 2.45) is 4.99 Å². The summed E-state index contributed by atoms with van der Waals surface area (Å²) in [4.78, 5) is 10.5. The molecular weight excluding hydrogens is 348 g/mol. The fourth-order valence-corrected chi connectivity index (χ4v) is 2.66. The van der Waals surface area contributed by atoms with E-state index < -0.39 is 11.6 Å². The molecule has 25 heavy (non-hydrogen) atoms. The molecule has 6 nitrogen and oxygen atoms in total. The lowest BCUT2D eigenvalue weighted by atomic mass is 10.3. The van der Waals surface area contributed by atoms with Crippen molar-refractivity contribution in [3.05, 3.63) is 40.9 Å². The van der Waals surface area contributed by atoms with Crippen LogP contribution in [0.1, 0.15) is 5.69 Å². The third-order valence-corrected chi connectivity index (χ3v) is 4.19. The standard InChI is InChI=1S/C16H21F2N5OS/c1-19-15(21-9-12-10-25-16(22-12)23(2)3)20-6-7-24-14-5-4-11(17)8-13(14)18/h4-5,8,10H,6-7,9H2,1-3H3,(H2,19,20,21). The normalized spacial score (nSPS) is 11.3. The van der Waals surface area contributed by atoms with Gasteiger partial charge in [0.25, 0.3) is 0 Å². The van der Waals surface area contributed by atoms with E-state index in [0.717, 1.165) is 23.0 Å². The van der Waals surface area contributed by atoms with E-state index in [9.17, 15) is 8.78 Å². The molecule has 0 aliphatic carbocycles. The van der Waals surface area contributed by atoms with Gasteiger partial charge in [0, 0.05) is 32.6 Å². The van der Waals surface area contributed by atoms with Gasteiger partial charge in [-0.05, 0) is 12.1 Å². The molecule has 2 rings (SSSR count). The monoisotopic (exact) mass is 369 g/mol. The summed E-state index contributed by atoms with van der Waals surface area (Å²) in [6, 6.07) is 3.21. The molecule has 0 saturated carbocycles. The highest BCUT2D eigenvalue weighted by atomic mass is 32.1. The quantitative estimate of drug-likeness (QED) is 0.445. The van der Waals surface area contributed by atoms with Gasteiger partial charge in [-0.3, -0.25) is 4.99 Å². The summed E-state index contributed by atoms with van der Waals surface area (Å²) in [6.07, 6.45) is 0. The fraction of sp³-hybridized carbons (Fsp3) is 0.375. The number of nitrogens with zero attached hydrogens (tertiary/aromatic N) is 3. The molecule has 2 N–H and O–H groups in total. The van der Waals surface area contributed by atoms with Crippen LogP contribution in [0.5, 0.6) is 5.75 Å². The second kappa shape index (κ2) is 9.16. The van der Waals surface area contributed by atoms with Gasteiger partial charge in [-0.15, -0.1) is 11.3 Å². The van der Waals surface area contributed by atoms with E-state index in [0.29, 0.717) is 19.0 Å². The third kappa shape index (κ3) is 5.86. The SMILES string of the molecule is CN=C(NCCOc1ccc(F)cc1F)NCc1csc(N(C)C)n1. The number of rotatable bonds is 7. The van der Waals surface area contributed by atoms with Crippen LogP contribution in [0.25, 0.3) is 0 Å². The number of hydrogen-bond donors (Lipinski definition) is 2. The van der Waals surface area contributed by atoms with Gasteiger partial charge in [0.2, 0.25) is 0 Å². The Morgan fingerprint density at radius 2 is 2.12 bits per heavy atom. The topological polar surface area (TPSA) is 61.8 Å². The second-order valence-electron chi connectivity index (χ2n) is 5.29. The zero-order valence-electron chi connectivity index (χ0n) is 14.3. The molecule has 1 heterocycles. The maximum Gasteiger partial charge on any atom is 0.191 e. The lowest BCUT2D eigenvalue weighted by molar-refractivity contribution is 0.304. The fourth-order valence-electron chi connectivity index (χ4n) is 1.90. The molecule has 0 atom stereocenters. The molecule has 0 bridgehead atoms. The predicted octanol–water partition coefficient (Wildman–Crippen LogP) is 2.23. The van der Waals surface area contributed by atoms with E-state index in [4.69, 9.17) is 4.74 Å². The molecule has 0 amide bonds. The Balaban J connectivity index is 1.72. The molecule has 0 radical (unpaired) electrons. The summed E-state index contributed by atoms with van der Waals surface area (Å²) in [5, 5.41) is 9.12. The second-order valence-corrected chi connectivity index (χ2v) is 6.13. The average Bonchev–Trinajstić information content (AvgIpc) is 3.05. The minimum Gasteiger partial charge on any atom is -0.489 e. The molecule has 1 aromatic carbocycles. The Morgan fingerprint density at radius 1 is 1.32 bits per heavy atom. The molecule has 9 heteroatoms. The number of hydrogen-bond acceptors (Lipinski definition) is 5. The van der Waals surface area contributed by atoms with Crippen LogP contribution in [-0.4, -0.2) is 45.2 Å². The van der Waals surface area contributed by atoms with Crippen molar-refractivity contribution in [2.45, 2.75) is 6.54 Å². The number of anilines is 1. The first-order valence-corrected chi connectivity index (χ1v) is 8.51. The van der Waals surface area contributed by atoms with Crippen LogP contribution in [0.15, 0.2) is 28.6 Å². The first kappa shape index (κ1) is 18.9. The minimum absolute atomic E-state index is 0.0184. The van der Waals surface area contributed by atoms with Crippen LogP contribution >= 0.6 is 11.3 Å². The maximum absolute atomic E-state index is 13.4. The van der Waals surface area contributed by atoms with Gasteiger partial charge in [0.15, 0.2) is 22.7 Å². The number of halogens is 2. The van der Waals surface area contributed by atoms with Crippen molar-refractivity contribution in [3.8, 4) is 5.75 Å². The summed E-state index contributed by atoms with van der Waals surface area (Å²) in [5.41, 5.74) is 0.918. The molecule has 0 spiro atoms. The zero-order chi connectivity index (χ0) is 18.2. The van der Waals surface area contributed by atoms with Crippen LogP contribution in [0.4, 0.5) is 13.9 Å². The van der Waals surface area contributed by atoms with Crippen molar-refractivity contribution in [3.63, 3.8) is 0 Å². The molecule has 0 aliphatic heterocycles. The summed E-state index contributed by atoms with van der Waals surface area (Å²) in [6.45, 7) is 1.17. The first-order valence-electron chi connectivity index (χ1n) is 7.63. The molecular formula is C16H21F2N5OS. The van der Waals surface area contributed by atoms with E-state index >= 15 is 0 Å². The van der Waals surface area contributed by atoms with Crippen LogP contribution in [0.3, 0.4) is 0 Å². The third-order valence-electron chi connectivity index (χ3n) is 3.13. The van der Waals surface area contributed by atoms with Crippen molar-refractivity contribution in [1.29, 1.82) is 0 Å². The van der Waals surface area contributed by atoms with Gasteiger partial charge in [0.1, 0.15) is 12.4 Å². The minimum atomic E-state index is -0.720. The lowest BCUT2D eigenvalue weighted by Crippen LogP contribution is -2.39. The molecule has 1 aromatic heterocycles. The van der Waals surface area contributed by atoms with Crippen LogP contribution in [-0.2, 0) is 6.54 Å². The number of ether oxygens (including phenoxy) is 1. The number of thiazole rings is 1. The molecule has 0 aliphatic rings. The van der Waals surface area contributed by atoms with Crippen molar-refractivity contribution in [1.82, 2.24) is 15.6 Å². The average molecular weight is 369 g/mol. The number of aliphatic imine (C=N–C) groups is 1. The molecule has 0 saturated heterocycles. The smallest absolute Gasteiger partial charge is 0.191 e. The number of aromatic nitrogens is 1. The van der Waals surface area contributed by atoms with Gasteiger partial charge >= 0.3 is 0 Å². The van der Waals surface area contributed by atoms with Crippen LogP contribution in [0, 0.1) is 11.6 Å². The van der Waals surface area contributed by atoms with E-state index in [1.165, 1.54) is 6.07 Å². The largest absolute Gasteiger partial charge is 0.489 e. The van der Waals surface area contributed by atoms with Crippen LogP contribution in [0.2, 0.25) is 0 Å². The van der Waals surface area contributed by atoms with E-state index in [-0.39, 0.29) is 12.4 Å². The molecule has 136 valence electrons. The molecule has 2 aromatic rings. The number of guanidine groups is 1. The highest BCUT2D eigenvalue weighted by Gasteiger charge is 2.06. The van der Waals surface area contributed by atoms with Gasteiger partial charge < -0.3 is 20.3 Å². The predicted molar refractivity (Wildman–Crippen MR) is 96.5 cm³/mol. The van der Waals surface area contributed by atoms with Gasteiger partial charge in [-0.25, -0.2) is 13.8 Å². The Kier molecular flexibility index (Phi) is 6.93. The zero-order valence-corrected chi connectivity index (χ0v) is 15.2. The maximum atomic E-state index is 13.4. The number of nitrogens with one attached hydrogen (secondary N) is 2. The van der Waals surface area contributed by atoms with Gasteiger partial charge in [-0.2, -0.15) is 0 Å². The van der Waals surface area contributed by atoms with Crippen molar-refractivity contribution in [2.75, 3.05) is 39.2 Å². The molecule has 0 unspecified atom stereocenters. The summed E-state index contributed by atoms with van der Waals surface area (Å²) in [5.74, 6) is -0.748. The highest BCUT2D eigenvalue weighted by Crippen LogP contribution is 2.18. The van der Waals surface area contributed by atoms with Crippen LogP contribution < -0.4 is 20.3 Å². The summed E-state index contributed by atoms with van der Waals surface area (Å²) in [7, 11) is 5.54. The number of benzene rings is 1. The summed E-state index contributed by atoms with van der Waals surface area (Å²) < 4.78 is 31.5. The van der Waals surface area contributed by atoms with E-state index in [1.807, 2.05) is 24.4 Å². The first-order chi connectivity index (χ1) is 12.0. The van der Waals surface area contributed by atoms with Crippen molar-refractivity contribution < 1.29 is 13.5 Å². The van der Waals surface area contributed by atoms with E-state index in [2.05, 4.69) is 20.6 Å². The van der Waals surface area contributed by atoms with E-state index in [1.54, 1.807) is 18.4 Å². The van der Waals surface area contributed by atoms with Gasteiger partial charge in [0.05, 0.1) is 18.8 Å². The highest BCUT2D eigenvalue weighted by molar-refractivity contribution is 7.13. The Labute approximate surface area is 149 Å². The Morgan fingerprint density at radius 3 is 2.76 bits per heavy atom. The Hall–Kier alpha value is -2.42. The molecule has 0 fully saturated rings. The Bertz CT molecular complexity index is 720. The van der Waals surface area contributed by atoms with Crippen molar-refractivity contribution >= 4 is 22.4 Å². The lowest BCUT2D eigenvalue weighted by Gasteiger charge is -2.12. The summed E-state index contributed by atoms with van der Waals surface area (Å²) >= 11 is 1.57.